The molecule has 8 heteroatoms. The first kappa shape index (κ1) is 17.2. The van der Waals surface area contributed by atoms with Crippen molar-refractivity contribution in [3.05, 3.63) is 41.7 Å². The van der Waals surface area contributed by atoms with Crippen molar-refractivity contribution in [3.8, 4) is 5.75 Å². The van der Waals surface area contributed by atoms with Gasteiger partial charge in [0, 0.05) is 57.8 Å². The van der Waals surface area contributed by atoms with Crippen LogP contribution in [0.4, 0.5) is 5.95 Å². The average Bonchev–Trinajstić information content (AvgIpc) is 3.10. The van der Waals surface area contributed by atoms with Gasteiger partial charge in [-0.15, -0.1) is 0 Å². The molecule has 7 nitrogen and oxygen atoms in total. The maximum atomic E-state index is 11.7. The predicted octanol–water partition coefficient (Wildman–Crippen LogP) is 1.77. The Morgan fingerprint density at radius 3 is 2.62 bits per heavy atom. The van der Waals surface area contributed by atoms with E-state index in [-0.39, 0.29) is 0 Å². The molecule has 0 bridgehead atoms. The van der Waals surface area contributed by atoms with Gasteiger partial charge in [-0.3, -0.25) is 4.90 Å². The lowest BCUT2D eigenvalue weighted by Gasteiger charge is -2.34. The molecule has 1 unspecified atom stereocenters. The number of aromatic nitrogens is 2. The van der Waals surface area contributed by atoms with E-state index in [4.69, 9.17) is 9.52 Å². The van der Waals surface area contributed by atoms with Crippen LogP contribution in [0.5, 0.6) is 5.75 Å². The van der Waals surface area contributed by atoms with Gasteiger partial charge in [-0.2, -0.15) is 0 Å². The Hall–Kier alpha value is -2.19. The van der Waals surface area contributed by atoms with E-state index < -0.39 is 9.73 Å². The zero-order valence-corrected chi connectivity index (χ0v) is 15.7. The van der Waals surface area contributed by atoms with Crippen LogP contribution in [0.15, 0.2) is 35.5 Å². The molecule has 1 N–H and O–H groups in total. The topological polar surface area (TPSA) is 82.4 Å². The SMILES string of the molecule is CS(=N)(=O)c1cnc(N2CCN(Cc3ccc4c(c3)OCC4)CC2)nc1. The van der Waals surface area contributed by atoms with Crippen molar-refractivity contribution in [2.24, 2.45) is 0 Å². The van der Waals surface area contributed by atoms with Crippen LogP contribution in [0.3, 0.4) is 0 Å². The van der Waals surface area contributed by atoms with Crippen molar-refractivity contribution in [1.82, 2.24) is 14.9 Å². The summed E-state index contributed by atoms with van der Waals surface area (Å²) in [5.41, 5.74) is 2.59. The Kier molecular flexibility index (Phi) is 4.54. The molecule has 0 aliphatic carbocycles. The summed E-state index contributed by atoms with van der Waals surface area (Å²) in [6.45, 7) is 5.29. The van der Waals surface area contributed by atoms with Crippen LogP contribution < -0.4 is 9.64 Å². The third kappa shape index (κ3) is 3.66. The number of nitrogens with zero attached hydrogens (tertiary/aromatic N) is 4. The largest absolute Gasteiger partial charge is 0.493 e. The van der Waals surface area contributed by atoms with E-state index in [9.17, 15) is 4.21 Å². The minimum atomic E-state index is -2.76. The van der Waals surface area contributed by atoms with Gasteiger partial charge in [0.2, 0.25) is 5.95 Å². The lowest BCUT2D eigenvalue weighted by atomic mass is 10.1. The first-order valence-electron chi connectivity index (χ1n) is 8.77. The molecule has 1 atom stereocenters. The van der Waals surface area contributed by atoms with Gasteiger partial charge >= 0.3 is 0 Å². The molecule has 4 rings (SSSR count). The maximum Gasteiger partial charge on any atom is 0.225 e. The van der Waals surface area contributed by atoms with Crippen LogP contribution in [0.2, 0.25) is 0 Å². The fourth-order valence-corrected chi connectivity index (χ4v) is 3.85. The van der Waals surface area contributed by atoms with E-state index in [0.717, 1.165) is 51.5 Å². The number of rotatable bonds is 4. The number of ether oxygens (including phenoxy) is 1. The second-order valence-electron chi connectivity index (χ2n) is 6.87. The van der Waals surface area contributed by atoms with Gasteiger partial charge in [-0.25, -0.2) is 19.0 Å². The molecule has 1 fully saturated rings. The van der Waals surface area contributed by atoms with Crippen molar-refractivity contribution < 1.29 is 8.95 Å². The molecule has 138 valence electrons. The lowest BCUT2D eigenvalue weighted by molar-refractivity contribution is 0.248. The van der Waals surface area contributed by atoms with Gasteiger partial charge in [0.05, 0.1) is 21.2 Å². The number of fused-ring (bicyclic) bond motifs is 1. The second kappa shape index (κ2) is 6.85. The standard InChI is InChI=1S/C18H23N5O2S/c1-26(19,24)16-11-20-18(21-12-16)23-7-5-22(6-8-23)13-14-2-3-15-4-9-25-17(15)10-14/h2-3,10-12,19H,4-9,13H2,1H3. The summed E-state index contributed by atoms with van der Waals surface area (Å²) in [4.78, 5) is 13.5. The van der Waals surface area contributed by atoms with Gasteiger partial charge in [-0.1, -0.05) is 12.1 Å². The number of piperazine rings is 1. The fourth-order valence-electron chi connectivity index (χ4n) is 3.35. The third-order valence-electron chi connectivity index (χ3n) is 4.89. The summed E-state index contributed by atoms with van der Waals surface area (Å²) in [6.07, 6.45) is 5.41. The van der Waals surface area contributed by atoms with E-state index in [1.165, 1.54) is 29.8 Å². The molecular formula is C18H23N5O2S. The zero-order valence-electron chi connectivity index (χ0n) is 14.9. The molecule has 1 aromatic carbocycles. The van der Waals surface area contributed by atoms with Crippen LogP contribution in [0.1, 0.15) is 11.1 Å². The van der Waals surface area contributed by atoms with Gasteiger partial charge in [0.1, 0.15) is 5.75 Å². The van der Waals surface area contributed by atoms with Crippen LogP contribution in [0.25, 0.3) is 0 Å². The first-order valence-corrected chi connectivity index (χ1v) is 10.7. The summed E-state index contributed by atoms with van der Waals surface area (Å²) in [7, 11) is -2.76. The maximum absolute atomic E-state index is 11.7. The number of anilines is 1. The normalized spacial score (nSPS) is 19.7. The number of benzene rings is 1. The molecule has 26 heavy (non-hydrogen) atoms. The van der Waals surface area contributed by atoms with Crippen LogP contribution >= 0.6 is 0 Å². The van der Waals surface area contributed by atoms with Crippen LogP contribution in [0, 0.1) is 4.78 Å². The van der Waals surface area contributed by atoms with E-state index in [1.807, 2.05) is 0 Å². The third-order valence-corrected chi connectivity index (χ3v) is 6.00. The fraction of sp³-hybridized carbons (Fsp3) is 0.444. The van der Waals surface area contributed by atoms with Crippen molar-refractivity contribution in [2.45, 2.75) is 17.9 Å². The molecule has 1 aromatic heterocycles. The monoisotopic (exact) mass is 373 g/mol. The van der Waals surface area contributed by atoms with E-state index >= 15 is 0 Å². The highest BCUT2D eigenvalue weighted by molar-refractivity contribution is 7.91. The van der Waals surface area contributed by atoms with Gasteiger partial charge in [-0.05, 0) is 17.2 Å². The van der Waals surface area contributed by atoms with Gasteiger partial charge < -0.3 is 9.64 Å². The molecule has 3 heterocycles. The van der Waals surface area contributed by atoms with Crippen molar-refractivity contribution in [3.63, 3.8) is 0 Å². The molecule has 2 aromatic rings. The quantitative estimate of drug-likeness (QED) is 0.880. The zero-order chi connectivity index (χ0) is 18.1. The second-order valence-corrected chi connectivity index (χ2v) is 9.02. The van der Waals surface area contributed by atoms with Gasteiger partial charge in [0.25, 0.3) is 0 Å². The molecule has 0 spiro atoms. The van der Waals surface area contributed by atoms with E-state index in [2.05, 4.69) is 38.0 Å². The molecule has 0 saturated carbocycles. The first-order chi connectivity index (χ1) is 12.5. The minimum Gasteiger partial charge on any atom is -0.493 e. The molecule has 2 aliphatic rings. The summed E-state index contributed by atoms with van der Waals surface area (Å²) >= 11 is 0. The molecule has 1 saturated heterocycles. The lowest BCUT2D eigenvalue weighted by Crippen LogP contribution is -2.46. The number of hydrogen-bond donors (Lipinski definition) is 1. The highest BCUT2D eigenvalue weighted by Gasteiger charge is 2.20. The Morgan fingerprint density at radius 1 is 1.19 bits per heavy atom. The molecular weight excluding hydrogens is 350 g/mol. The number of hydrogen-bond acceptors (Lipinski definition) is 7. The van der Waals surface area contributed by atoms with Crippen molar-refractivity contribution >= 4 is 15.7 Å². The van der Waals surface area contributed by atoms with Gasteiger partial charge in [0.15, 0.2) is 0 Å². The summed E-state index contributed by atoms with van der Waals surface area (Å²) in [5, 5.41) is 0. The molecule has 0 radical (unpaired) electrons. The Balaban J connectivity index is 1.35. The van der Waals surface area contributed by atoms with E-state index in [0.29, 0.717) is 10.8 Å². The van der Waals surface area contributed by atoms with E-state index in [1.54, 1.807) is 0 Å². The predicted molar refractivity (Wildman–Crippen MR) is 100 cm³/mol. The highest BCUT2D eigenvalue weighted by Crippen LogP contribution is 2.27. The summed E-state index contributed by atoms with van der Waals surface area (Å²) in [6, 6.07) is 6.55. The van der Waals surface area contributed by atoms with Crippen LogP contribution in [-0.2, 0) is 22.7 Å². The van der Waals surface area contributed by atoms with Crippen LogP contribution in [-0.4, -0.2) is 58.1 Å². The summed E-state index contributed by atoms with van der Waals surface area (Å²) < 4.78 is 25.0. The average molecular weight is 373 g/mol. The Bertz CT molecular complexity index is 890. The van der Waals surface area contributed by atoms with Crippen molar-refractivity contribution in [2.75, 3.05) is 43.9 Å². The smallest absolute Gasteiger partial charge is 0.225 e. The Labute approximate surface area is 154 Å². The molecule has 2 aliphatic heterocycles. The minimum absolute atomic E-state index is 0.374. The summed E-state index contributed by atoms with van der Waals surface area (Å²) in [5.74, 6) is 1.68. The molecule has 0 amide bonds. The number of nitrogens with one attached hydrogen (secondary N) is 1. The Morgan fingerprint density at radius 2 is 1.92 bits per heavy atom. The van der Waals surface area contributed by atoms with Crippen molar-refractivity contribution in [1.29, 1.82) is 4.78 Å². The highest BCUT2D eigenvalue weighted by atomic mass is 32.2.